The first-order valence-corrected chi connectivity index (χ1v) is 8.78. The number of ether oxygens (including phenoxy) is 2. The molecule has 0 saturated carbocycles. The Morgan fingerprint density at radius 3 is 2.48 bits per heavy atom. The van der Waals surface area contributed by atoms with Gasteiger partial charge in [-0.2, -0.15) is 0 Å². The number of rotatable bonds is 7. The number of hydrogen-bond donors (Lipinski definition) is 2. The Balaban J connectivity index is 1.67. The summed E-state index contributed by atoms with van der Waals surface area (Å²) in [6, 6.07) is 19.3. The van der Waals surface area contributed by atoms with Crippen molar-refractivity contribution in [3.8, 4) is 11.5 Å². The summed E-state index contributed by atoms with van der Waals surface area (Å²) in [4.78, 5) is 24.9. The Labute approximate surface area is 167 Å². The average molecular weight is 394 g/mol. The lowest BCUT2D eigenvalue weighted by Crippen LogP contribution is -2.23. The summed E-state index contributed by atoms with van der Waals surface area (Å²) in [5.41, 5.74) is 1.14. The molecule has 29 heavy (non-hydrogen) atoms. The Hall–Kier alpha value is -3.87. The first-order valence-electron chi connectivity index (χ1n) is 8.78. The maximum Gasteiger partial charge on any atom is 0.262 e. The first-order chi connectivity index (χ1) is 14.1. The van der Waals surface area contributed by atoms with Crippen molar-refractivity contribution in [1.82, 2.24) is 0 Å². The molecule has 0 saturated heterocycles. The van der Waals surface area contributed by atoms with Crippen LogP contribution in [0.25, 0.3) is 0 Å². The van der Waals surface area contributed by atoms with E-state index in [1.54, 1.807) is 54.6 Å². The fourth-order valence-corrected chi connectivity index (χ4v) is 2.58. The third-order valence-corrected chi connectivity index (χ3v) is 3.97. The van der Waals surface area contributed by atoms with Gasteiger partial charge in [-0.3, -0.25) is 9.59 Å². The molecule has 0 atom stereocenters. The molecule has 6 nitrogen and oxygen atoms in total. The molecule has 7 heteroatoms. The van der Waals surface area contributed by atoms with Crippen molar-refractivity contribution < 1.29 is 23.5 Å². The monoisotopic (exact) mass is 394 g/mol. The number of hydrogen-bond acceptors (Lipinski definition) is 4. The second-order valence-corrected chi connectivity index (χ2v) is 6.00. The minimum absolute atomic E-state index is 0.0216. The predicted molar refractivity (Wildman–Crippen MR) is 108 cm³/mol. The van der Waals surface area contributed by atoms with Crippen molar-refractivity contribution in [2.24, 2.45) is 0 Å². The molecule has 148 valence electrons. The Bertz CT molecular complexity index is 1020. The van der Waals surface area contributed by atoms with Gasteiger partial charge in [0, 0.05) is 11.8 Å². The standard InChI is InChI=1S/C22H19FN2O4/c1-28-16-8-6-7-15(13-16)24-22(27)17-9-2-4-11-19(17)25-21(26)14-29-20-12-5-3-10-18(20)23/h2-13H,14H2,1H3,(H,24,27)(H,25,26). The van der Waals surface area contributed by atoms with Gasteiger partial charge in [0.05, 0.1) is 18.4 Å². The maximum atomic E-state index is 13.6. The van der Waals surface area contributed by atoms with Gasteiger partial charge in [-0.25, -0.2) is 4.39 Å². The van der Waals surface area contributed by atoms with E-state index in [1.807, 2.05) is 0 Å². The molecular weight excluding hydrogens is 375 g/mol. The predicted octanol–water partition coefficient (Wildman–Crippen LogP) is 4.10. The second-order valence-electron chi connectivity index (χ2n) is 6.00. The van der Waals surface area contributed by atoms with Crippen molar-refractivity contribution in [2.75, 3.05) is 24.4 Å². The number of anilines is 2. The Morgan fingerprint density at radius 1 is 0.931 bits per heavy atom. The summed E-state index contributed by atoms with van der Waals surface area (Å²) in [5.74, 6) is -0.890. The van der Waals surface area contributed by atoms with Crippen LogP contribution in [0.2, 0.25) is 0 Å². The van der Waals surface area contributed by atoms with Crippen molar-refractivity contribution in [1.29, 1.82) is 0 Å². The molecule has 0 radical (unpaired) electrons. The molecule has 0 aliphatic carbocycles. The third kappa shape index (κ3) is 5.32. The summed E-state index contributed by atoms with van der Waals surface area (Å²) < 4.78 is 23.9. The van der Waals surface area contributed by atoms with Crippen molar-refractivity contribution in [3.05, 3.63) is 84.2 Å². The smallest absolute Gasteiger partial charge is 0.262 e. The zero-order valence-electron chi connectivity index (χ0n) is 15.6. The molecule has 2 amide bonds. The maximum absolute atomic E-state index is 13.6. The molecule has 0 aliphatic heterocycles. The van der Waals surface area contributed by atoms with Crippen LogP contribution in [0, 0.1) is 5.82 Å². The van der Waals surface area contributed by atoms with Crippen molar-refractivity contribution in [3.63, 3.8) is 0 Å². The van der Waals surface area contributed by atoms with Gasteiger partial charge in [0.2, 0.25) is 0 Å². The lowest BCUT2D eigenvalue weighted by atomic mass is 10.1. The highest BCUT2D eigenvalue weighted by atomic mass is 19.1. The van der Waals surface area contributed by atoms with Crippen LogP contribution in [0.15, 0.2) is 72.8 Å². The van der Waals surface area contributed by atoms with E-state index in [0.29, 0.717) is 17.1 Å². The first kappa shape index (κ1) is 19.9. The lowest BCUT2D eigenvalue weighted by molar-refractivity contribution is -0.118. The van der Waals surface area contributed by atoms with Gasteiger partial charge in [0.25, 0.3) is 11.8 Å². The van der Waals surface area contributed by atoms with E-state index in [1.165, 1.54) is 25.3 Å². The van der Waals surface area contributed by atoms with Crippen LogP contribution in [0.4, 0.5) is 15.8 Å². The highest BCUT2D eigenvalue weighted by Gasteiger charge is 2.14. The van der Waals surface area contributed by atoms with E-state index in [-0.39, 0.29) is 11.3 Å². The quantitative estimate of drug-likeness (QED) is 0.632. The molecule has 0 bridgehead atoms. The summed E-state index contributed by atoms with van der Waals surface area (Å²) in [6.07, 6.45) is 0. The number of carbonyl (C=O) groups excluding carboxylic acids is 2. The van der Waals surface area contributed by atoms with Gasteiger partial charge < -0.3 is 20.1 Å². The molecule has 2 N–H and O–H groups in total. The topological polar surface area (TPSA) is 76.7 Å². The Morgan fingerprint density at radius 2 is 1.69 bits per heavy atom. The highest BCUT2D eigenvalue weighted by Crippen LogP contribution is 2.21. The number of carbonyl (C=O) groups is 2. The minimum atomic E-state index is -0.557. The van der Waals surface area contributed by atoms with Gasteiger partial charge in [0.15, 0.2) is 18.2 Å². The molecule has 0 spiro atoms. The lowest BCUT2D eigenvalue weighted by Gasteiger charge is -2.12. The molecule has 0 unspecified atom stereocenters. The summed E-state index contributed by atoms with van der Waals surface area (Å²) >= 11 is 0. The van der Waals surface area contributed by atoms with Crippen LogP contribution < -0.4 is 20.1 Å². The molecule has 0 aromatic heterocycles. The third-order valence-electron chi connectivity index (χ3n) is 3.97. The van der Waals surface area contributed by atoms with Crippen LogP contribution in [0.5, 0.6) is 11.5 Å². The van der Waals surface area contributed by atoms with E-state index >= 15 is 0 Å². The van der Waals surface area contributed by atoms with E-state index in [0.717, 1.165) is 0 Å². The van der Waals surface area contributed by atoms with E-state index < -0.39 is 24.2 Å². The van der Waals surface area contributed by atoms with E-state index in [2.05, 4.69) is 10.6 Å². The Kier molecular flexibility index (Phi) is 6.42. The zero-order valence-corrected chi connectivity index (χ0v) is 15.6. The minimum Gasteiger partial charge on any atom is -0.497 e. The van der Waals surface area contributed by atoms with Crippen LogP contribution in [0.1, 0.15) is 10.4 Å². The van der Waals surface area contributed by atoms with Crippen LogP contribution in [0.3, 0.4) is 0 Å². The molecule has 3 rings (SSSR count). The molecule has 0 fully saturated rings. The fourth-order valence-electron chi connectivity index (χ4n) is 2.58. The number of amides is 2. The van der Waals surface area contributed by atoms with Crippen molar-refractivity contribution in [2.45, 2.75) is 0 Å². The molecular formula is C22H19FN2O4. The number of methoxy groups -OCH3 is 1. The number of para-hydroxylation sites is 2. The molecule has 3 aromatic rings. The van der Waals surface area contributed by atoms with E-state index in [4.69, 9.17) is 9.47 Å². The fraction of sp³-hybridized carbons (Fsp3) is 0.0909. The molecule has 0 heterocycles. The van der Waals surface area contributed by atoms with Gasteiger partial charge in [-0.15, -0.1) is 0 Å². The zero-order chi connectivity index (χ0) is 20.6. The van der Waals surface area contributed by atoms with Crippen LogP contribution >= 0.6 is 0 Å². The molecule has 3 aromatic carbocycles. The second kappa shape index (κ2) is 9.36. The normalized spacial score (nSPS) is 10.1. The van der Waals surface area contributed by atoms with Crippen LogP contribution in [-0.4, -0.2) is 25.5 Å². The van der Waals surface area contributed by atoms with Crippen molar-refractivity contribution >= 4 is 23.2 Å². The number of nitrogens with one attached hydrogen (secondary N) is 2. The van der Waals surface area contributed by atoms with Crippen LogP contribution in [-0.2, 0) is 4.79 Å². The summed E-state index contributed by atoms with van der Waals surface area (Å²) in [5, 5.41) is 5.38. The van der Waals surface area contributed by atoms with E-state index in [9.17, 15) is 14.0 Å². The average Bonchev–Trinajstić information content (AvgIpc) is 2.73. The van der Waals surface area contributed by atoms with Gasteiger partial charge in [0.1, 0.15) is 5.75 Å². The van der Waals surface area contributed by atoms with Gasteiger partial charge in [-0.1, -0.05) is 30.3 Å². The largest absolute Gasteiger partial charge is 0.497 e. The SMILES string of the molecule is COc1cccc(NC(=O)c2ccccc2NC(=O)COc2ccccc2F)c1. The number of halogens is 1. The van der Waals surface area contributed by atoms with Gasteiger partial charge in [-0.05, 0) is 36.4 Å². The van der Waals surface area contributed by atoms with Gasteiger partial charge >= 0.3 is 0 Å². The summed E-state index contributed by atoms with van der Waals surface area (Å²) in [6.45, 7) is -0.396. The number of benzene rings is 3. The highest BCUT2D eigenvalue weighted by molar-refractivity contribution is 6.10. The summed E-state index contributed by atoms with van der Waals surface area (Å²) in [7, 11) is 1.54. The molecule has 0 aliphatic rings.